The molecule has 0 saturated carbocycles. The molecule has 2 amide bonds. The van der Waals surface area contributed by atoms with Crippen molar-refractivity contribution in [2.45, 2.75) is 65.1 Å². The third kappa shape index (κ3) is 6.91. The normalized spacial score (nSPS) is 18.3. The van der Waals surface area contributed by atoms with Crippen LogP contribution in [0.4, 0.5) is 5.69 Å². The number of hydrogen-bond acceptors (Lipinski definition) is 6. The lowest BCUT2D eigenvalue weighted by atomic mass is 9.97. The summed E-state index contributed by atoms with van der Waals surface area (Å²) in [6, 6.07) is 13.1. The van der Waals surface area contributed by atoms with Crippen molar-refractivity contribution in [3.05, 3.63) is 59.7 Å². The molecule has 0 spiro atoms. The number of nitrogens with zero attached hydrogens (tertiary/aromatic N) is 1. The van der Waals surface area contributed by atoms with Crippen molar-refractivity contribution >= 4 is 29.3 Å². The fourth-order valence-corrected chi connectivity index (χ4v) is 4.16. The average molecular weight is 481 g/mol. The zero-order valence-corrected chi connectivity index (χ0v) is 20.6. The number of rotatable bonds is 8. The molecule has 35 heavy (non-hydrogen) atoms. The highest BCUT2D eigenvalue weighted by Crippen LogP contribution is 2.23. The SMILES string of the molecule is CC(=O)c1cccc(NC(=O)[C@@H](C)OC(=O)c2ccc(OCC(=O)N3[C@H](C)CCC[C@@H]3C)cc2)c1. The second-order valence-corrected chi connectivity index (χ2v) is 8.92. The van der Waals surface area contributed by atoms with Gasteiger partial charge in [-0.05, 0) is 83.4 Å². The number of carbonyl (C=O) groups is 4. The Balaban J connectivity index is 1.51. The first-order valence-corrected chi connectivity index (χ1v) is 11.8. The monoisotopic (exact) mass is 480 g/mol. The van der Waals surface area contributed by atoms with Crippen LogP contribution in [-0.4, -0.2) is 53.3 Å². The van der Waals surface area contributed by atoms with Crippen LogP contribution < -0.4 is 10.1 Å². The van der Waals surface area contributed by atoms with Crippen molar-refractivity contribution in [1.82, 2.24) is 4.90 Å². The van der Waals surface area contributed by atoms with E-state index < -0.39 is 18.0 Å². The Bertz CT molecular complexity index is 1070. The second-order valence-electron chi connectivity index (χ2n) is 8.92. The summed E-state index contributed by atoms with van der Waals surface area (Å²) < 4.78 is 10.9. The van der Waals surface area contributed by atoms with Crippen LogP contribution in [0.15, 0.2) is 48.5 Å². The lowest BCUT2D eigenvalue weighted by Crippen LogP contribution is -2.49. The largest absolute Gasteiger partial charge is 0.484 e. The van der Waals surface area contributed by atoms with Crippen molar-refractivity contribution in [2.24, 2.45) is 0 Å². The van der Waals surface area contributed by atoms with E-state index in [-0.39, 0.29) is 35.9 Å². The maximum absolute atomic E-state index is 12.6. The van der Waals surface area contributed by atoms with Gasteiger partial charge in [-0.1, -0.05) is 12.1 Å². The van der Waals surface area contributed by atoms with Crippen LogP contribution in [0.5, 0.6) is 5.75 Å². The van der Waals surface area contributed by atoms with Gasteiger partial charge in [0, 0.05) is 23.3 Å². The number of benzene rings is 2. The molecule has 0 unspecified atom stereocenters. The summed E-state index contributed by atoms with van der Waals surface area (Å²) >= 11 is 0. The number of likely N-dealkylation sites (tertiary alicyclic amines) is 1. The standard InChI is InChI=1S/C27H32N2O6/c1-17-7-5-8-18(2)29(17)25(31)16-34-24-13-11-21(12-14-24)27(33)35-20(4)26(32)28-23-10-6-9-22(15-23)19(3)30/h6,9-15,17-18,20H,5,7-8,16H2,1-4H3,(H,28,32)/t17-,18+,20-/m1/s1. The van der Waals surface area contributed by atoms with Gasteiger partial charge in [-0.3, -0.25) is 14.4 Å². The van der Waals surface area contributed by atoms with Crippen molar-refractivity contribution < 1.29 is 28.7 Å². The number of piperidine rings is 1. The topological polar surface area (TPSA) is 102 Å². The van der Waals surface area contributed by atoms with Gasteiger partial charge in [-0.2, -0.15) is 0 Å². The number of esters is 1. The van der Waals surface area contributed by atoms with E-state index in [0.29, 0.717) is 17.0 Å². The number of hydrogen-bond donors (Lipinski definition) is 1. The zero-order chi connectivity index (χ0) is 25.5. The Labute approximate surface area is 205 Å². The van der Waals surface area contributed by atoms with Crippen molar-refractivity contribution in [1.29, 1.82) is 0 Å². The molecular weight excluding hydrogens is 448 g/mol. The van der Waals surface area contributed by atoms with Gasteiger partial charge in [0.05, 0.1) is 5.56 Å². The first-order valence-electron chi connectivity index (χ1n) is 11.8. The Morgan fingerprint density at radius 2 is 1.66 bits per heavy atom. The molecule has 1 aliphatic rings. The minimum Gasteiger partial charge on any atom is -0.484 e. The highest BCUT2D eigenvalue weighted by molar-refractivity contribution is 5.99. The molecule has 186 valence electrons. The first-order chi connectivity index (χ1) is 16.7. The molecule has 0 radical (unpaired) electrons. The van der Waals surface area contributed by atoms with Gasteiger partial charge >= 0.3 is 5.97 Å². The third-order valence-electron chi connectivity index (χ3n) is 6.12. The maximum Gasteiger partial charge on any atom is 0.338 e. The lowest BCUT2D eigenvalue weighted by molar-refractivity contribution is -0.139. The van der Waals surface area contributed by atoms with Crippen LogP contribution in [0.1, 0.15) is 67.7 Å². The Morgan fingerprint density at radius 1 is 1.00 bits per heavy atom. The fraction of sp³-hybridized carbons (Fsp3) is 0.407. The molecule has 1 heterocycles. The van der Waals surface area contributed by atoms with Gasteiger partial charge in [0.25, 0.3) is 11.8 Å². The van der Waals surface area contributed by atoms with Crippen LogP contribution in [-0.2, 0) is 14.3 Å². The average Bonchev–Trinajstić information content (AvgIpc) is 2.83. The minimum absolute atomic E-state index is 0.0538. The van der Waals surface area contributed by atoms with Gasteiger partial charge in [-0.15, -0.1) is 0 Å². The summed E-state index contributed by atoms with van der Waals surface area (Å²) in [6.07, 6.45) is 2.06. The van der Waals surface area contributed by atoms with Gasteiger partial charge < -0.3 is 19.7 Å². The summed E-state index contributed by atoms with van der Waals surface area (Å²) in [7, 11) is 0. The lowest BCUT2D eigenvalue weighted by Gasteiger charge is -2.38. The number of ether oxygens (including phenoxy) is 2. The smallest absolute Gasteiger partial charge is 0.338 e. The molecule has 2 aromatic carbocycles. The number of carbonyl (C=O) groups excluding carboxylic acids is 4. The van der Waals surface area contributed by atoms with Gasteiger partial charge in [0.15, 0.2) is 18.5 Å². The van der Waals surface area contributed by atoms with E-state index in [9.17, 15) is 19.2 Å². The van der Waals surface area contributed by atoms with E-state index in [2.05, 4.69) is 19.2 Å². The summed E-state index contributed by atoms with van der Waals surface area (Å²) in [5.41, 5.74) is 1.16. The van der Waals surface area contributed by atoms with E-state index in [1.54, 1.807) is 36.4 Å². The second kappa shape index (κ2) is 11.6. The predicted octanol–water partition coefficient (Wildman–Crippen LogP) is 4.24. The highest BCUT2D eigenvalue weighted by atomic mass is 16.5. The molecule has 8 heteroatoms. The molecule has 3 atom stereocenters. The van der Waals surface area contributed by atoms with E-state index in [1.165, 1.54) is 26.0 Å². The predicted molar refractivity (Wildman–Crippen MR) is 132 cm³/mol. The Kier molecular flexibility index (Phi) is 8.63. The maximum atomic E-state index is 12.6. The van der Waals surface area contributed by atoms with Crippen molar-refractivity contribution in [3.8, 4) is 5.75 Å². The third-order valence-corrected chi connectivity index (χ3v) is 6.12. The van der Waals surface area contributed by atoms with Gasteiger partial charge in [-0.25, -0.2) is 4.79 Å². The minimum atomic E-state index is -1.05. The van der Waals surface area contributed by atoms with Gasteiger partial charge in [0.1, 0.15) is 5.75 Å². The van der Waals surface area contributed by atoms with Crippen molar-refractivity contribution in [2.75, 3.05) is 11.9 Å². The molecule has 0 aliphatic carbocycles. The molecule has 1 N–H and O–H groups in total. The molecule has 3 rings (SSSR count). The first kappa shape index (κ1) is 25.9. The van der Waals surface area contributed by atoms with Crippen LogP contribution in [0.3, 0.4) is 0 Å². The number of anilines is 1. The zero-order valence-electron chi connectivity index (χ0n) is 20.6. The van der Waals surface area contributed by atoms with E-state index in [1.807, 2.05) is 4.90 Å². The summed E-state index contributed by atoms with van der Waals surface area (Å²) in [5, 5.41) is 2.64. The van der Waals surface area contributed by atoms with Gasteiger partial charge in [0.2, 0.25) is 0 Å². The van der Waals surface area contributed by atoms with Crippen LogP contribution in [0.2, 0.25) is 0 Å². The molecule has 1 aliphatic heterocycles. The Hall–Kier alpha value is -3.68. The van der Waals surface area contributed by atoms with Crippen LogP contribution >= 0.6 is 0 Å². The molecule has 8 nitrogen and oxygen atoms in total. The highest BCUT2D eigenvalue weighted by Gasteiger charge is 2.29. The molecule has 1 fully saturated rings. The molecular formula is C27H32N2O6. The Morgan fingerprint density at radius 3 is 2.29 bits per heavy atom. The number of Topliss-reactive ketones (excluding diaryl/α,β-unsaturated/α-hetero) is 1. The molecule has 2 aromatic rings. The summed E-state index contributed by atoms with van der Waals surface area (Å²) in [4.78, 5) is 50.9. The summed E-state index contributed by atoms with van der Waals surface area (Å²) in [5.74, 6) is -0.888. The molecule has 0 aromatic heterocycles. The van der Waals surface area contributed by atoms with Crippen molar-refractivity contribution in [3.63, 3.8) is 0 Å². The van der Waals surface area contributed by atoms with E-state index in [4.69, 9.17) is 9.47 Å². The quantitative estimate of drug-likeness (QED) is 0.448. The van der Waals surface area contributed by atoms with Crippen LogP contribution in [0, 0.1) is 0 Å². The molecule has 0 bridgehead atoms. The van der Waals surface area contributed by atoms with E-state index in [0.717, 1.165) is 19.3 Å². The fourth-order valence-electron chi connectivity index (χ4n) is 4.16. The van der Waals surface area contributed by atoms with E-state index >= 15 is 0 Å². The number of amides is 2. The number of nitrogens with one attached hydrogen (secondary N) is 1. The molecule has 1 saturated heterocycles. The van der Waals surface area contributed by atoms with Crippen LogP contribution in [0.25, 0.3) is 0 Å². The number of ketones is 1. The summed E-state index contributed by atoms with van der Waals surface area (Å²) in [6.45, 7) is 6.94.